The molecule has 1 fully saturated rings. The lowest BCUT2D eigenvalue weighted by atomic mass is 10.3. The number of aliphatic imine (C=N–C) groups is 1. The van der Waals surface area contributed by atoms with E-state index in [4.69, 9.17) is 4.99 Å². The predicted octanol–water partition coefficient (Wildman–Crippen LogP) is 1.72. The van der Waals surface area contributed by atoms with Gasteiger partial charge in [-0.25, -0.2) is 19.9 Å². The predicted molar refractivity (Wildman–Crippen MR) is 111 cm³/mol. The molecule has 0 radical (unpaired) electrons. The number of rotatable bonds is 4. The standard InChI is InChI=1S/C20H26N8/c1-3-21-19(24-14-17-15-28-16(2)6-4-7-18(28)25-17)26-10-12-27(13-11-26)20-22-8-5-9-23-20/h4-9,15H,3,10-14H2,1-2H3,(H,21,24). The average Bonchev–Trinajstić information content (AvgIpc) is 3.16. The summed E-state index contributed by atoms with van der Waals surface area (Å²) in [7, 11) is 0. The van der Waals surface area contributed by atoms with E-state index < -0.39 is 0 Å². The van der Waals surface area contributed by atoms with Crippen molar-refractivity contribution in [3.05, 3.63) is 54.2 Å². The van der Waals surface area contributed by atoms with Crippen molar-refractivity contribution in [2.24, 2.45) is 4.99 Å². The Morgan fingerprint density at radius 1 is 1.11 bits per heavy atom. The first kappa shape index (κ1) is 18.2. The molecular formula is C20H26N8. The molecular weight excluding hydrogens is 352 g/mol. The number of hydrogen-bond donors (Lipinski definition) is 1. The largest absolute Gasteiger partial charge is 0.357 e. The maximum atomic E-state index is 4.84. The van der Waals surface area contributed by atoms with Gasteiger partial charge in [0.1, 0.15) is 5.65 Å². The van der Waals surface area contributed by atoms with E-state index in [0.717, 1.165) is 56.0 Å². The van der Waals surface area contributed by atoms with Crippen LogP contribution in [-0.4, -0.2) is 62.9 Å². The van der Waals surface area contributed by atoms with E-state index in [0.29, 0.717) is 6.54 Å². The molecule has 0 bridgehead atoms. The third-order valence-electron chi connectivity index (χ3n) is 4.89. The lowest BCUT2D eigenvalue weighted by molar-refractivity contribution is 0.370. The molecule has 1 aliphatic heterocycles. The minimum absolute atomic E-state index is 0.561. The fourth-order valence-electron chi connectivity index (χ4n) is 3.43. The second-order valence-corrected chi connectivity index (χ2v) is 6.82. The summed E-state index contributed by atoms with van der Waals surface area (Å²) in [5, 5.41) is 3.41. The quantitative estimate of drug-likeness (QED) is 0.550. The molecule has 0 aliphatic carbocycles. The molecule has 4 heterocycles. The van der Waals surface area contributed by atoms with Crippen LogP contribution in [0, 0.1) is 6.92 Å². The average molecular weight is 378 g/mol. The molecule has 3 aromatic heterocycles. The van der Waals surface area contributed by atoms with Crippen LogP contribution in [0.5, 0.6) is 0 Å². The number of hydrogen-bond acceptors (Lipinski definition) is 5. The van der Waals surface area contributed by atoms with Gasteiger partial charge < -0.3 is 19.5 Å². The Kier molecular flexibility index (Phi) is 5.36. The van der Waals surface area contributed by atoms with Gasteiger partial charge in [-0.1, -0.05) is 6.07 Å². The van der Waals surface area contributed by atoms with Gasteiger partial charge in [-0.3, -0.25) is 0 Å². The molecule has 0 amide bonds. The number of nitrogens with zero attached hydrogens (tertiary/aromatic N) is 7. The molecule has 1 aliphatic rings. The monoisotopic (exact) mass is 378 g/mol. The van der Waals surface area contributed by atoms with E-state index in [2.05, 4.69) is 60.6 Å². The highest BCUT2D eigenvalue weighted by atomic mass is 15.4. The number of piperazine rings is 1. The Morgan fingerprint density at radius 3 is 2.61 bits per heavy atom. The molecule has 0 spiro atoms. The van der Waals surface area contributed by atoms with Gasteiger partial charge in [0, 0.05) is 57.0 Å². The van der Waals surface area contributed by atoms with E-state index in [-0.39, 0.29) is 0 Å². The van der Waals surface area contributed by atoms with Crippen molar-refractivity contribution in [2.45, 2.75) is 20.4 Å². The molecule has 0 unspecified atom stereocenters. The molecule has 1 N–H and O–H groups in total. The lowest BCUT2D eigenvalue weighted by Crippen LogP contribution is -2.53. The van der Waals surface area contributed by atoms with Gasteiger partial charge in [0.05, 0.1) is 12.2 Å². The van der Waals surface area contributed by atoms with Gasteiger partial charge in [0.15, 0.2) is 5.96 Å². The molecule has 0 aromatic carbocycles. The van der Waals surface area contributed by atoms with Crippen LogP contribution in [-0.2, 0) is 6.54 Å². The fraction of sp³-hybridized carbons (Fsp3) is 0.400. The van der Waals surface area contributed by atoms with E-state index in [9.17, 15) is 0 Å². The molecule has 4 rings (SSSR count). The second kappa shape index (κ2) is 8.24. The molecule has 146 valence electrons. The van der Waals surface area contributed by atoms with Crippen molar-refractivity contribution in [1.29, 1.82) is 0 Å². The van der Waals surface area contributed by atoms with E-state index >= 15 is 0 Å². The molecule has 3 aromatic rings. The first-order valence-electron chi connectivity index (χ1n) is 9.73. The molecule has 28 heavy (non-hydrogen) atoms. The third kappa shape index (κ3) is 3.90. The van der Waals surface area contributed by atoms with Crippen molar-refractivity contribution in [3.8, 4) is 0 Å². The van der Waals surface area contributed by atoms with Crippen LogP contribution >= 0.6 is 0 Å². The Bertz CT molecular complexity index is 941. The number of fused-ring (bicyclic) bond motifs is 1. The van der Waals surface area contributed by atoms with Crippen LogP contribution in [0.25, 0.3) is 5.65 Å². The van der Waals surface area contributed by atoms with Gasteiger partial charge in [0.25, 0.3) is 0 Å². The smallest absolute Gasteiger partial charge is 0.225 e. The van der Waals surface area contributed by atoms with Gasteiger partial charge in [-0.05, 0) is 32.0 Å². The highest BCUT2D eigenvalue weighted by Gasteiger charge is 2.21. The van der Waals surface area contributed by atoms with E-state index in [1.54, 1.807) is 12.4 Å². The summed E-state index contributed by atoms with van der Waals surface area (Å²) in [6, 6.07) is 7.99. The topological polar surface area (TPSA) is 74.0 Å². The Balaban J connectivity index is 1.44. The van der Waals surface area contributed by atoms with Crippen molar-refractivity contribution in [1.82, 2.24) is 29.6 Å². The maximum Gasteiger partial charge on any atom is 0.225 e. The highest BCUT2D eigenvalue weighted by Crippen LogP contribution is 2.12. The number of pyridine rings is 1. The Labute approximate surface area is 165 Å². The number of aromatic nitrogens is 4. The van der Waals surface area contributed by atoms with Gasteiger partial charge >= 0.3 is 0 Å². The van der Waals surface area contributed by atoms with Gasteiger partial charge in [-0.15, -0.1) is 0 Å². The number of anilines is 1. The number of nitrogens with one attached hydrogen (secondary N) is 1. The summed E-state index contributed by atoms with van der Waals surface area (Å²) in [6.07, 6.45) is 5.65. The summed E-state index contributed by atoms with van der Waals surface area (Å²) in [5.41, 5.74) is 3.11. The molecule has 1 saturated heterocycles. The second-order valence-electron chi connectivity index (χ2n) is 6.82. The first-order valence-corrected chi connectivity index (χ1v) is 9.73. The van der Waals surface area contributed by atoms with Crippen molar-refractivity contribution in [3.63, 3.8) is 0 Å². The fourth-order valence-corrected chi connectivity index (χ4v) is 3.43. The van der Waals surface area contributed by atoms with Crippen molar-refractivity contribution < 1.29 is 0 Å². The Hall–Kier alpha value is -3.16. The summed E-state index contributed by atoms with van der Waals surface area (Å²) < 4.78 is 2.11. The zero-order chi connectivity index (χ0) is 19.3. The van der Waals surface area contributed by atoms with Gasteiger partial charge in [-0.2, -0.15) is 0 Å². The SMILES string of the molecule is CCNC(=NCc1cn2c(C)cccc2n1)N1CCN(c2ncccn2)CC1. The summed E-state index contributed by atoms with van der Waals surface area (Å²) >= 11 is 0. The minimum atomic E-state index is 0.561. The Morgan fingerprint density at radius 2 is 1.89 bits per heavy atom. The van der Waals surface area contributed by atoms with Crippen LogP contribution in [0.1, 0.15) is 18.3 Å². The molecule has 8 nitrogen and oxygen atoms in total. The van der Waals surface area contributed by atoms with Crippen LogP contribution in [0.15, 0.2) is 47.8 Å². The zero-order valence-corrected chi connectivity index (χ0v) is 16.4. The lowest BCUT2D eigenvalue weighted by Gasteiger charge is -2.36. The molecule has 8 heteroatoms. The van der Waals surface area contributed by atoms with Crippen LogP contribution < -0.4 is 10.2 Å². The number of aryl methyl sites for hydroxylation is 1. The third-order valence-corrected chi connectivity index (χ3v) is 4.89. The molecule has 0 saturated carbocycles. The molecule has 0 atom stereocenters. The first-order chi connectivity index (χ1) is 13.7. The maximum absolute atomic E-state index is 4.84. The van der Waals surface area contributed by atoms with E-state index in [1.165, 1.54) is 5.69 Å². The van der Waals surface area contributed by atoms with Crippen LogP contribution in [0.3, 0.4) is 0 Å². The van der Waals surface area contributed by atoms with Gasteiger partial charge in [0.2, 0.25) is 5.95 Å². The summed E-state index contributed by atoms with van der Waals surface area (Å²) in [6.45, 7) is 9.10. The van der Waals surface area contributed by atoms with Crippen LogP contribution in [0.2, 0.25) is 0 Å². The highest BCUT2D eigenvalue weighted by molar-refractivity contribution is 5.80. The minimum Gasteiger partial charge on any atom is -0.357 e. The zero-order valence-electron chi connectivity index (χ0n) is 16.4. The summed E-state index contributed by atoms with van der Waals surface area (Å²) in [4.78, 5) is 22.7. The summed E-state index contributed by atoms with van der Waals surface area (Å²) in [5.74, 6) is 1.73. The number of imidazole rings is 1. The van der Waals surface area contributed by atoms with Crippen molar-refractivity contribution >= 4 is 17.6 Å². The normalized spacial score (nSPS) is 15.3. The van der Waals surface area contributed by atoms with E-state index in [1.807, 2.05) is 18.2 Å². The number of guanidine groups is 1. The van der Waals surface area contributed by atoms with Crippen LogP contribution in [0.4, 0.5) is 5.95 Å². The van der Waals surface area contributed by atoms with Crippen molar-refractivity contribution in [2.75, 3.05) is 37.6 Å².